The molecular formula is C11H21N. The second-order valence-corrected chi connectivity index (χ2v) is 5.05. The van der Waals surface area contributed by atoms with Crippen LogP contribution in [0.4, 0.5) is 0 Å². The standard InChI is InChI=1S/C11H21N/c1-3-6-11(2)9-5-4-8(7-9)10(11)12/h8-10H,3-7,12H2,1-2H3/t8-,9+,10-,11+/m0/s1. The van der Waals surface area contributed by atoms with Crippen molar-refractivity contribution in [2.45, 2.75) is 52.0 Å². The molecule has 2 bridgehead atoms. The number of hydrogen-bond donors (Lipinski definition) is 1. The van der Waals surface area contributed by atoms with Gasteiger partial charge in [0.1, 0.15) is 0 Å². The summed E-state index contributed by atoms with van der Waals surface area (Å²) in [6, 6.07) is 0.510. The fourth-order valence-corrected chi connectivity index (χ4v) is 3.66. The van der Waals surface area contributed by atoms with Crippen LogP contribution in [0.2, 0.25) is 0 Å². The quantitative estimate of drug-likeness (QED) is 0.672. The first-order valence-electron chi connectivity index (χ1n) is 5.44. The van der Waals surface area contributed by atoms with Crippen LogP contribution in [0.3, 0.4) is 0 Å². The van der Waals surface area contributed by atoms with Gasteiger partial charge in [-0.1, -0.05) is 20.3 Å². The van der Waals surface area contributed by atoms with Gasteiger partial charge in [-0.25, -0.2) is 0 Å². The molecule has 2 aliphatic carbocycles. The van der Waals surface area contributed by atoms with Crippen molar-refractivity contribution in [2.24, 2.45) is 23.0 Å². The van der Waals surface area contributed by atoms with Gasteiger partial charge >= 0.3 is 0 Å². The minimum absolute atomic E-state index is 0.498. The van der Waals surface area contributed by atoms with Gasteiger partial charge in [-0.3, -0.25) is 0 Å². The van der Waals surface area contributed by atoms with E-state index in [2.05, 4.69) is 13.8 Å². The predicted molar refractivity (Wildman–Crippen MR) is 51.8 cm³/mol. The van der Waals surface area contributed by atoms with E-state index in [1.165, 1.54) is 32.1 Å². The molecule has 4 atom stereocenters. The summed E-state index contributed by atoms with van der Waals surface area (Å²) in [5, 5.41) is 0. The monoisotopic (exact) mass is 167 g/mol. The molecule has 0 aromatic carbocycles. The summed E-state index contributed by atoms with van der Waals surface area (Å²) in [4.78, 5) is 0. The van der Waals surface area contributed by atoms with Crippen LogP contribution in [0.5, 0.6) is 0 Å². The first-order valence-corrected chi connectivity index (χ1v) is 5.44. The van der Waals surface area contributed by atoms with E-state index in [1.807, 2.05) is 0 Å². The summed E-state index contributed by atoms with van der Waals surface area (Å²) in [5.74, 6) is 1.82. The van der Waals surface area contributed by atoms with Crippen LogP contribution in [0.25, 0.3) is 0 Å². The Morgan fingerprint density at radius 2 is 2.17 bits per heavy atom. The summed E-state index contributed by atoms with van der Waals surface area (Å²) in [6.45, 7) is 4.70. The van der Waals surface area contributed by atoms with Gasteiger partial charge < -0.3 is 5.73 Å². The maximum atomic E-state index is 6.28. The molecule has 0 aromatic rings. The highest BCUT2D eigenvalue weighted by atomic mass is 14.8. The maximum absolute atomic E-state index is 6.28. The molecule has 2 saturated carbocycles. The van der Waals surface area contributed by atoms with Crippen molar-refractivity contribution in [3.8, 4) is 0 Å². The predicted octanol–water partition coefficient (Wildman–Crippen LogP) is 2.55. The summed E-state index contributed by atoms with van der Waals surface area (Å²) in [7, 11) is 0. The van der Waals surface area contributed by atoms with Gasteiger partial charge in [0.25, 0.3) is 0 Å². The van der Waals surface area contributed by atoms with Gasteiger partial charge in [0.05, 0.1) is 0 Å². The van der Waals surface area contributed by atoms with Crippen LogP contribution in [0.15, 0.2) is 0 Å². The van der Waals surface area contributed by atoms with E-state index in [-0.39, 0.29) is 0 Å². The van der Waals surface area contributed by atoms with Crippen molar-refractivity contribution in [1.29, 1.82) is 0 Å². The lowest BCUT2D eigenvalue weighted by Gasteiger charge is -2.39. The Morgan fingerprint density at radius 3 is 2.67 bits per heavy atom. The second-order valence-electron chi connectivity index (χ2n) is 5.05. The van der Waals surface area contributed by atoms with Crippen LogP contribution in [0.1, 0.15) is 46.0 Å². The van der Waals surface area contributed by atoms with Crippen LogP contribution in [-0.2, 0) is 0 Å². The van der Waals surface area contributed by atoms with Gasteiger partial charge in [-0.05, 0) is 42.9 Å². The molecule has 0 aliphatic heterocycles. The number of hydrogen-bond acceptors (Lipinski definition) is 1. The molecule has 0 saturated heterocycles. The van der Waals surface area contributed by atoms with Gasteiger partial charge in [0.2, 0.25) is 0 Å². The molecule has 1 heteroatoms. The molecule has 70 valence electrons. The second kappa shape index (κ2) is 2.73. The van der Waals surface area contributed by atoms with E-state index in [9.17, 15) is 0 Å². The van der Waals surface area contributed by atoms with Gasteiger partial charge in [0, 0.05) is 6.04 Å². The lowest BCUT2D eigenvalue weighted by molar-refractivity contribution is 0.141. The van der Waals surface area contributed by atoms with Crippen LogP contribution < -0.4 is 5.73 Å². The zero-order chi connectivity index (χ0) is 8.77. The Hall–Kier alpha value is -0.0400. The highest BCUT2D eigenvalue weighted by Crippen LogP contribution is 2.56. The van der Waals surface area contributed by atoms with E-state index >= 15 is 0 Å². The minimum Gasteiger partial charge on any atom is -0.327 e. The van der Waals surface area contributed by atoms with Crippen LogP contribution >= 0.6 is 0 Å². The van der Waals surface area contributed by atoms with E-state index in [0.29, 0.717) is 11.5 Å². The zero-order valence-corrected chi connectivity index (χ0v) is 8.34. The third-order valence-corrected chi connectivity index (χ3v) is 4.46. The molecule has 12 heavy (non-hydrogen) atoms. The normalized spacial score (nSPS) is 51.8. The SMILES string of the molecule is CCC[C@]1(C)[C@@H]2CC[C@@H](C2)[C@@H]1N. The summed E-state index contributed by atoms with van der Waals surface area (Å²) >= 11 is 0. The Bertz CT molecular complexity index is 174. The van der Waals surface area contributed by atoms with Crippen LogP contribution in [-0.4, -0.2) is 6.04 Å². The Kier molecular flexibility index (Phi) is 1.95. The van der Waals surface area contributed by atoms with E-state index < -0.39 is 0 Å². The molecule has 0 aromatic heterocycles. The lowest BCUT2D eigenvalue weighted by atomic mass is 9.69. The Morgan fingerprint density at radius 1 is 1.42 bits per heavy atom. The highest BCUT2D eigenvalue weighted by Gasteiger charge is 2.52. The fraction of sp³-hybridized carbons (Fsp3) is 1.00. The smallest absolute Gasteiger partial charge is 0.0124 e. The van der Waals surface area contributed by atoms with E-state index in [1.54, 1.807) is 0 Å². The number of rotatable bonds is 2. The van der Waals surface area contributed by atoms with Gasteiger partial charge in [0.15, 0.2) is 0 Å². The molecule has 0 spiro atoms. The Balaban J connectivity index is 2.15. The Labute approximate surface area is 75.7 Å². The molecule has 0 radical (unpaired) electrons. The molecule has 0 amide bonds. The molecule has 2 N–H and O–H groups in total. The number of fused-ring (bicyclic) bond motifs is 2. The molecule has 2 rings (SSSR count). The van der Waals surface area contributed by atoms with E-state index in [0.717, 1.165) is 11.8 Å². The average Bonchev–Trinajstić information content (AvgIpc) is 2.57. The summed E-state index contributed by atoms with van der Waals surface area (Å²) in [5.41, 5.74) is 6.78. The minimum atomic E-state index is 0.498. The molecule has 0 unspecified atom stereocenters. The number of nitrogens with two attached hydrogens (primary N) is 1. The summed E-state index contributed by atoms with van der Waals surface area (Å²) < 4.78 is 0. The zero-order valence-electron chi connectivity index (χ0n) is 8.34. The van der Waals surface area contributed by atoms with Crippen molar-refractivity contribution in [2.75, 3.05) is 0 Å². The topological polar surface area (TPSA) is 26.0 Å². The first kappa shape index (κ1) is 8.55. The van der Waals surface area contributed by atoms with Crippen molar-refractivity contribution < 1.29 is 0 Å². The van der Waals surface area contributed by atoms with Crippen LogP contribution in [0, 0.1) is 17.3 Å². The first-order chi connectivity index (χ1) is 5.68. The van der Waals surface area contributed by atoms with Gasteiger partial charge in [-0.2, -0.15) is 0 Å². The third kappa shape index (κ3) is 0.953. The molecule has 1 nitrogen and oxygen atoms in total. The molecular weight excluding hydrogens is 146 g/mol. The third-order valence-electron chi connectivity index (χ3n) is 4.46. The molecule has 0 heterocycles. The van der Waals surface area contributed by atoms with Crippen molar-refractivity contribution in [3.63, 3.8) is 0 Å². The fourth-order valence-electron chi connectivity index (χ4n) is 3.66. The molecule has 2 aliphatic rings. The largest absolute Gasteiger partial charge is 0.327 e. The van der Waals surface area contributed by atoms with Crippen molar-refractivity contribution >= 4 is 0 Å². The van der Waals surface area contributed by atoms with Gasteiger partial charge in [-0.15, -0.1) is 0 Å². The van der Waals surface area contributed by atoms with Crippen molar-refractivity contribution in [1.82, 2.24) is 0 Å². The van der Waals surface area contributed by atoms with Crippen molar-refractivity contribution in [3.05, 3.63) is 0 Å². The molecule has 2 fully saturated rings. The highest BCUT2D eigenvalue weighted by molar-refractivity contribution is 5.05. The van der Waals surface area contributed by atoms with E-state index in [4.69, 9.17) is 5.73 Å². The lowest BCUT2D eigenvalue weighted by Crippen LogP contribution is -2.44. The average molecular weight is 167 g/mol. The summed E-state index contributed by atoms with van der Waals surface area (Å²) in [6.07, 6.45) is 6.93. The maximum Gasteiger partial charge on any atom is 0.0124 e.